The molecule has 3 aromatic rings. The van der Waals surface area contributed by atoms with Crippen LogP contribution in [0.4, 0.5) is 5.69 Å². The number of methoxy groups -OCH3 is 2. The van der Waals surface area contributed by atoms with E-state index in [1.807, 2.05) is 0 Å². The van der Waals surface area contributed by atoms with Gasteiger partial charge in [0.2, 0.25) is 10.0 Å². The van der Waals surface area contributed by atoms with Crippen molar-refractivity contribution in [2.24, 2.45) is 0 Å². The van der Waals surface area contributed by atoms with Gasteiger partial charge < -0.3 is 15.2 Å². The summed E-state index contributed by atoms with van der Waals surface area (Å²) in [6, 6.07) is 16.9. The second-order valence-electron chi connectivity index (χ2n) is 6.26. The summed E-state index contributed by atoms with van der Waals surface area (Å²) in [5, 5.41) is 0.568. The summed E-state index contributed by atoms with van der Waals surface area (Å²) in [7, 11) is -0.792. The molecule has 3 rings (SSSR count). The summed E-state index contributed by atoms with van der Waals surface area (Å²) in [6.45, 7) is 0.0460. The van der Waals surface area contributed by atoms with Crippen LogP contribution in [0.2, 0.25) is 5.02 Å². The maximum absolute atomic E-state index is 13.1. The van der Waals surface area contributed by atoms with Crippen LogP contribution < -0.4 is 19.9 Å². The van der Waals surface area contributed by atoms with Gasteiger partial charge in [-0.05, 0) is 35.9 Å². The standard InChI is InChI=1S/C21H21ClN2O4S/c1-27-18-9-5-15(20(12-18)28-2)13-24-29(25,26)21-11-17(23)8-10-19(21)14-3-6-16(22)7-4-14/h3-12,24H,13,23H2,1-2H3. The van der Waals surface area contributed by atoms with Gasteiger partial charge in [-0.2, -0.15) is 0 Å². The lowest BCUT2D eigenvalue weighted by Crippen LogP contribution is -2.24. The molecular weight excluding hydrogens is 412 g/mol. The van der Waals surface area contributed by atoms with Gasteiger partial charge in [-0.3, -0.25) is 0 Å². The monoisotopic (exact) mass is 432 g/mol. The lowest BCUT2D eigenvalue weighted by atomic mass is 10.1. The van der Waals surface area contributed by atoms with Gasteiger partial charge in [-0.15, -0.1) is 0 Å². The molecule has 152 valence electrons. The fraction of sp³-hybridized carbons (Fsp3) is 0.143. The molecule has 6 nitrogen and oxygen atoms in total. The molecule has 0 amide bonds. The van der Waals surface area contributed by atoms with Crippen molar-refractivity contribution in [2.75, 3.05) is 20.0 Å². The van der Waals surface area contributed by atoms with E-state index in [9.17, 15) is 8.42 Å². The maximum Gasteiger partial charge on any atom is 0.241 e. The molecule has 0 aliphatic carbocycles. The van der Waals surface area contributed by atoms with Crippen LogP contribution in [0.5, 0.6) is 11.5 Å². The van der Waals surface area contributed by atoms with E-state index < -0.39 is 10.0 Å². The molecular formula is C21H21ClN2O4S. The highest BCUT2D eigenvalue weighted by Gasteiger charge is 2.20. The zero-order valence-corrected chi connectivity index (χ0v) is 17.5. The van der Waals surface area contributed by atoms with E-state index in [-0.39, 0.29) is 11.4 Å². The van der Waals surface area contributed by atoms with E-state index in [0.717, 1.165) is 5.56 Å². The number of nitrogen functional groups attached to an aromatic ring is 1. The third kappa shape index (κ3) is 4.82. The van der Waals surface area contributed by atoms with Crippen LogP contribution >= 0.6 is 11.6 Å². The number of nitrogens with two attached hydrogens (primary N) is 1. The van der Waals surface area contributed by atoms with Crippen LogP contribution in [0, 0.1) is 0 Å². The number of hydrogen-bond acceptors (Lipinski definition) is 5. The Morgan fingerprint density at radius 1 is 0.966 bits per heavy atom. The molecule has 0 aromatic heterocycles. The number of anilines is 1. The highest BCUT2D eigenvalue weighted by molar-refractivity contribution is 7.89. The summed E-state index contributed by atoms with van der Waals surface area (Å²) in [5.41, 5.74) is 8.14. The first-order valence-corrected chi connectivity index (χ1v) is 10.6. The molecule has 0 bridgehead atoms. The summed E-state index contributed by atoms with van der Waals surface area (Å²) in [6.07, 6.45) is 0. The van der Waals surface area contributed by atoms with E-state index in [0.29, 0.717) is 33.3 Å². The molecule has 0 atom stereocenters. The van der Waals surface area contributed by atoms with Crippen LogP contribution in [0.15, 0.2) is 65.6 Å². The van der Waals surface area contributed by atoms with Crippen molar-refractivity contribution in [2.45, 2.75) is 11.4 Å². The van der Waals surface area contributed by atoms with Gasteiger partial charge in [-0.25, -0.2) is 13.1 Å². The molecule has 0 saturated heterocycles. The summed E-state index contributed by atoms with van der Waals surface area (Å²) >= 11 is 5.95. The molecule has 0 spiro atoms. The second kappa shape index (κ2) is 8.73. The van der Waals surface area contributed by atoms with Crippen molar-refractivity contribution in [3.05, 3.63) is 71.2 Å². The van der Waals surface area contributed by atoms with Crippen LogP contribution in [-0.2, 0) is 16.6 Å². The van der Waals surface area contributed by atoms with Gasteiger partial charge in [0.15, 0.2) is 0 Å². The van der Waals surface area contributed by atoms with Crippen LogP contribution in [0.25, 0.3) is 11.1 Å². The zero-order valence-electron chi connectivity index (χ0n) is 16.0. The van der Waals surface area contributed by atoms with E-state index in [1.165, 1.54) is 13.2 Å². The minimum atomic E-state index is -3.86. The first kappa shape index (κ1) is 21.0. The number of hydrogen-bond donors (Lipinski definition) is 2. The van der Waals surface area contributed by atoms with Crippen molar-refractivity contribution in [3.63, 3.8) is 0 Å². The molecule has 0 saturated carbocycles. The Morgan fingerprint density at radius 2 is 1.69 bits per heavy atom. The summed E-state index contributed by atoms with van der Waals surface area (Å²) < 4.78 is 39.3. The van der Waals surface area contributed by atoms with Gasteiger partial charge in [0.05, 0.1) is 19.1 Å². The largest absolute Gasteiger partial charge is 0.497 e. The predicted octanol–water partition coefficient (Wildman–Crippen LogP) is 4.08. The number of rotatable bonds is 7. The Hall–Kier alpha value is -2.74. The molecule has 3 aromatic carbocycles. The number of halogens is 1. The molecule has 0 heterocycles. The third-order valence-electron chi connectivity index (χ3n) is 4.40. The van der Waals surface area contributed by atoms with Gasteiger partial charge >= 0.3 is 0 Å². The molecule has 29 heavy (non-hydrogen) atoms. The average molecular weight is 433 g/mol. The molecule has 0 fully saturated rings. The molecule has 0 aliphatic heterocycles. The van der Waals surface area contributed by atoms with Gasteiger partial charge in [-0.1, -0.05) is 35.9 Å². The van der Waals surface area contributed by atoms with Crippen molar-refractivity contribution in [1.82, 2.24) is 4.72 Å². The Bertz CT molecular complexity index is 1120. The van der Waals surface area contributed by atoms with Gasteiger partial charge in [0, 0.05) is 34.4 Å². The van der Waals surface area contributed by atoms with Gasteiger partial charge in [0.1, 0.15) is 11.5 Å². The number of ether oxygens (including phenoxy) is 2. The van der Waals surface area contributed by atoms with E-state index in [1.54, 1.807) is 61.7 Å². The smallest absolute Gasteiger partial charge is 0.241 e. The fourth-order valence-electron chi connectivity index (χ4n) is 2.88. The molecule has 0 radical (unpaired) electrons. The number of nitrogens with one attached hydrogen (secondary N) is 1. The molecule has 0 aliphatic rings. The lowest BCUT2D eigenvalue weighted by molar-refractivity contribution is 0.390. The number of sulfonamides is 1. The molecule has 3 N–H and O–H groups in total. The SMILES string of the molecule is COc1ccc(CNS(=O)(=O)c2cc(N)ccc2-c2ccc(Cl)cc2)c(OC)c1. The van der Waals surface area contributed by atoms with Crippen LogP contribution in [0.3, 0.4) is 0 Å². The van der Waals surface area contributed by atoms with Crippen molar-refractivity contribution >= 4 is 27.3 Å². The van der Waals surface area contributed by atoms with Crippen molar-refractivity contribution in [1.29, 1.82) is 0 Å². The summed E-state index contributed by atoms with van der Waals surface area (Å²) in [5.74, 6) is 1.15. The Labute approximate surface area is 175 Å². The lowest BCUT2D eigenvalue weighted by Gasteiger charge is -2.14. The zero-order chi connectivity index (χ0) is 21.0. The second-order valence-corrected chi connectivity index (χ2v) is 8.44. The maximum atomic E-state index is 13.1. The van der Waals surface area contributed by atoms with E-state index in [4.69, 9.17) is 26.8 Å². The van der Waals surface area contributed by atoms with Crippen molar-refractivity contribution < 1.29 is 17.9 Å². The minimum Gasteiger partial charge on any atom is -0.497 e. The number of benzene rings is 3. The van der Waals surface area contributed by atoms with E-state index >= 15 is 0 Å². The Kier molecular flexibility index (Phi) is 6.32. The topological polar surface area (TPSA) is 90.7 Å². The fourth-order valence-corrected chi connectivity index (χ4v) is 4.27. The summed E-state index contributed by atoms with van der Waals surface area (Å²) in [4.78, 5) is 0.0901. The molecule has 8 heteroatoms. The molecule has 0 unspecified atom stereocenters. The Balaban J connectivity index is 1.94. The van der Waals surface area contributed by atoms with Crippen molar-refractivity contribution in [3.8, 4) is 22.6 Å². The normalized spacial score (nSPS) is 11.3. The average Bonchev–Trinajstić information content (AvgIpc) is 2.73. The van der Waals surface area contributed by atoms with Crippen LogP contribution in [0.1, 0.15) is 5.56 Å². The Morgan fingerprint density at radius 3 is 2.34 bits per heavy atom. The van der Waals surface area contributed by atoms with E-state index in [2.05, 4.69) is 4.72 Å². The van der Waals surface area contributed by atoms with Gasteiger partial charge in [0.25, 0.3) is 0 Å². The predicted molar refractivity (Wildman–Crippen MR) is 115 cm³/mol. The van der Waals surface area contributed by atoms with Crippen LogP contribution in [-0.4, -0.2) is 22.6 Å². The highest BCUT2D eigenvalue weighted by Crippen LogP contribution is 2.31. The minimum absolute atomic E-state index is 0.0460. The first-order chi connectivity index (χ1) is 13.8. The third-order valence-corrected chi connectivity index (χ3v) is 6.09. The quantitative estimate of drug-likeness (QED) is 0.549. The highest BCUT2D eigenvalue weighted by atomic mass is 35.5. The first-order valence-electron chi connectivity index (χ1n) is 8.70.